The van der Waals surface area contributed by atoms with E-state index in [2.05, 4.69) is 15.2 Å². The van der Waals surface area contributed by atoms with Gasteiger partial charge in [0, 0.05) is 43.8 Å². The number of non-ortho nitro benzene ring substituents is 1. The lowest BCUT2D eigenvalue weighted by Gasteiger charge is -2.25. The molecule has 1 aromatic carbocycles. The van der Waals surface area contributed by atoms with E-state index in [1.165, 1.54) is 17.6 Å². The summed E-state index contributed by atoms with van der Waals surface area (Å²) in [6.45, 7) is 3.84. The van der Waals surface area contributed by atoms with Crippen molar-refractivity contribution in [3.05, 3.63) is 28.3 Å². The number of hydrogen-bond donors (Lipinski definition) is 1. The van der Waals surface area contributed by atoms with Crippen LogP contribution in [0.25, 0.3) is 11.1 Å². The Balaban J connectivity index is 1.64. The minimum absolute atomic E-state index is 0.0302. The van der Waals surface area contributed by atoms with E-state index in [4.69, 9.17) is 4.42 Å². The molecule has 1 aromatic heterocycles. The minimum atomic E-state index is -0.444. The number of benzene rings is 1. The molecule has 0 amide bonds. The SMILES string of the molecule is O=[N+]([O-])c1cccc2oc(NCCN3CCSCC3)nc12. The molecule has 1 saturated heterocycles. The van der Waals surface area contributed by atoms with Gasteiger partial charge in [-0.2, -0.15) is 16.7 Å². The Morgan fingerprint density at radius 1 is 1.43 bits per heavy atom. The maximum atomic E-state index is 10.9. The van der Waals surface area contributed by atoms with E-state index >= 15 is 0 Å². The summed E-state index contributed by atoms with van der Waals surface area (Å²) < 4.78 is 5.50. The van der Waals surface area contributed by atoms with E-state index in [1.54, 1.807) is 12.1 Å². The Morgan fingerprint density at radius 2 is 2.24 bits per heavy atom. The molecule has 0 unspecified atom stereocenters. The third-order valence-corrected chi connectivity index (χ3v) is 4.34. The zero-order valence-electron chi connectivity index (χ0n) is 11.4. The van der Waals surface area contributed by atoms with E-state index in [0.29, 0.717) is 23.7 Å². The number of thioether (sulfide) groups is 1. The summed E-state index contributed by atoms with van der Waals surface area (Å²) in [5, 5.41) is 14.0. The van der Waals surface area contributed by atoms with Crippen LogP contribution in [0.4, 0.5) is 11.7 Å². The Hall–Kier alpha value is -1.80. The van der Waals surface area contributed by atoms with Crippen LogP contribution in [0.2, 0.25) is 0 Å². The number of anilines is 1. The van der Waals surface area contributed by atoms with Crippen molar-refractivity contribution in [1.82, 2.24) is 9.88 Å². The molecule has 2 aromatic rings. The second-order valence-corrected chi connectivity index (χ2v) is 6.01. The second-order valence-electron chi connectivity index (χ2n) is 4.78. The molecule has 112 valence electrons. The number of nitro groups is 1. The van der Waals surface area contributed by atoms with Gasteiger partial charge in [0.15, 0.2) is 11.1 Å². The molecule has 0 radical (unpaired) electrons. The van der Waals surface area contributed by atoms with Gasteiger partial charge in [-0.15, -0.1) is 0 Å². The molecule has 0 saturated carbocycles. The number of nitro benzene ring substituents is 1. The number of nitrogens with one attached hydrogen (secondary N) is 1. The van der Waals surface area contributed by atoms with Gasteiger partial charge in [-0.1, -0.05) is 6.07 Å². The van der Waals surface area contributed by atoms with Crippen molar-refractivity contribution < 1.29 is 9.34 Å². The summed E-state index contributed by atoms with van der Waals surface area (Å²) >= 11 is 1.98. The van der Waals surface area contributed by atoms with Crippen LogP contribution >= 0.6 is 11.8 Å². The number of fused-ring (bicyclic) bond motifs is 1. The average molecular weight is 308 g/mol. The van der Waals surface area contributed by atoms with Gasteiger partial charge in [-0.05, 0) is 6.07 Å². The molecule has 7 nitrogen and oxygen atoms in total. The first-order chi connectivity index (χ1) is 10.2. The Morgan fingerprint density at radius 3 is 3.00 bits per heavy atom. The van der Waals surface area contributed by atoms with Crippen LogP contribution in [0.15, 0.2) is 22.6 Å². The normalized spacial score (nSPS) is 16.2. The van der Waals surface area contributed by atoms with Gasteiger partial charge in [-0.3, -0.25) is 15.0 Å². The average Bonchev–Trinajstić information content (AvgIpc) is 2.90. The third kappa shape index (κ3) is 3.27. The lowest BCUT2D eigenvalue weighted by Crippen LogP contribution is -2.36. The van der Waals surface area contributed by atoms with Crippen LogP contribution in [-0.4, -0.2) is 52.5 Å². The Kier molecular flexibility index (Phi) is 4.26. The molecule has 3 rings (SSSR count). The Bertz CT molecular complexity index is 639. The lowest BCUT2D eigenvalue weighted by molar-refractivity contribution is -0.383. The predicted octanol–water partition coefficient (Wildman–Crippen LogP) is 2.20. The van der Waals surface area contributed by atoms with E-state index in [1.807, 2.05) is 11.8 Å². The van der Waals surface area contributed by atoms with Gasteiger partial charge in [-0.25, -0.2) is 0 Å². The fourth-order valence-corrected chi connectivity index (χ4v) is 3.28. The van der Waals surface area contributed by atoms with Crippen LogP contribution in [-0.2, 0) is 0 Å². The molecule has 1 fully saturated rings. The number of para-hydroxylation sites is 1. The molecule has 21 heavy (non-hydrogen) atoms. The standard InChI is InChI=1S/C13H16N4O3S/c18-17(19)10-2-1-3-11-12(10)15-13(20-11)14-4-5-16-6-8-21-9-7-16/h1-3H,4-9H2,(H,14,15). The first-order valence-corrected chi connectivity index (χ1v) is 7.97. The topological polar surface area (TPSA) is 84.4 Å². The molecular formula is C13H16N4O3S. The molecule has 0 atom stereocenters. The summed E-state index contributed by atoms with van der Waals surface area (Å²) in [5.41, 5.74) is 0.692. The fraction of sp³-hybridized carbons (Fsp3) is 0.462. The van der Waals surface area contributed by atoms with Crippen molar-refractivity contribution in [2.45, 2.75) is 0 Å². The second kappa shape index (κ2) is 6.31. The van der Waals surface area contributed by atoms with Crippen molar-refractivity contribution in [2.75, 3.05) is 43.0 Å². The van der Waals surface area contributed by atoms with Crippen molar-refractivity contribution in [3.63, 3.8) is 0 Å². The summed E-state index contributed by atoms with van der Waals surface area (Å²) in [6.07, 6.45) is 0. The number of oxazole rings is 1. The first kappa shape index (κ1) is 14.2. The lowest BCUT2D eigenvalue weighted by atomic mass is 10.3. The quantitative estimate of drug-likeness (QED) is 0.669. The van der Waals surface area contributed by atoms with Crippen molar-refractivity contribution in [1.29, 1.82) is 0 Å². The highest BCUT2D eigenvalue weighted by Gasteiger charge is 2.17. The number of nitrogens with zero attached hydrogens (tertiary/aromatic N) is 3. The van der Waals surface area contributed by atoms with Gasteiger partial charge in [0.25, 0.3) is 11.7 Å². The fourth-order valence-electron chi connectivity index (χ4n) is 2.30. The zero-order valence-corrected chi connectivity index (χ0v) is 12.3. The highest BCUT2D eigenvalue weighted by Crippen LogP contribution is 2.27. The maximum absolute atomic E-state index is 10.9. The number of aromatic nitrogens is 1. The first-order valence-electron chi connectivity index (χ1n) is 6.82. The van der Waals surface area contributed by atoms with Crippen LogP contribution in [0.5, 0.6) is 0 Å². The molecular weight excluding hydrogens is 292 g/mol. The summed E-state index contributed by atoms with van der Waals surface area (Å²) in [7, 11) is 0. The van der Waals surface area contributed by atoms with Crippen molar-refractivity contribution in [2.24, 2.45) is 0 Å². The van der Waals surface area contributed by atoms with Gasteiger partial charge in [0.1, 0.15) is 0 Å². The smallest absolute Gasteiger partial charge is 0.298 e. The highest BCUT2D eigenvalue weighted by molar-refractivity contribution is 7.99. The van der Waals surface area contributed by atoms with Crippen LogP contribution < -0.4 is 5.32 Å². The van der Waals surface area contributed by atoms with E-state index in [0.717, 1.165) is 19.6 Å². The molecule has 1 N–H and O–H groups in total. The summed E-state index contributed by atoms with van der Waals surface area (Å²) in [6, 6.07) is 5.05. The molecule has 1 aliphatic rings. The van der Waals surface area contributed by atoms with Crippen LogP contribution in [0.3, 0.4) is 0 Å². The van der Waals surface area contributed by atoms with E-state index in [-0.39, 0.29) is 5.69 Å². The maximum Gasteiger partial charge on any atom is 0.298 e. The molecule has 2 heterocycles. The van der Waals surface area contributed by atoms with Gasteiger partial charge < -0.3 is 9.73 Å². The summed E-state index contributed by atoms with van der Waals surface area (Å²) in [4.78, 5) is 17.1. The zero-order chi connectivity index (χ0) is 14.7. The van der Waals surface area contributed by atoms with Crippen LogP contribution in [0.1, 0.15) is 0 Å². The van der Waals surface area contributed by atoms with Crippen LogP contribution in [0, 0.1) is 10.1 Å². The monoisotopic (exact) mass is 308 g/mol. The van der Waals surface area contributed by atoms with Crippen molar-refractivity contribution in [3.8, 4) is 0 Å². The molecule has 0 spiro atoms. The largest absolute Gasteiger partial charge is 0.423 e. The highest BCUT2D eigenvalue weighted by atomic mass is 32.2. The third-order valence-electron chi connectivity index (χ3n) is 3.40. The molecule has 1 aliphatic heterocycles. The van der Waals surface area contributed by atoms with Gasteiger partial charge in [0.2, 0.25) is 0 Å². The van der Waals surface area contributed by atoms with Gasteiger partial charge in [0.05, 0.1) is 4.92 Å². The summed E-state index contributed by atoms with van der Waals surface area (Å²) in [5.74, 6) is 2.35. The van der Waals surface area contributed by atoms with Gasteiger partial charge >= 0.3 is 0 Å². The molecule has 0 bridgehead atoms. The minimum Gasteiger partial charge on any atom is -0.423 e. The van der Waals surface area contributed by atoms with E-state index in [9.17, 15) is 10.1 Å². The predicted molar refractivity (Wildman–Crippen MR) is 82.9 cm³/mol. The Labute approximate surface area is 125 Å². The van der Waals surface area contributed by atoms with E-state index < -0.39 is 4.92 Å². The number of hydrogen-bond acceptors (Lipinski definition) is 7. The molecule has 0 aliphatic carbocycles. The number of rotatable bonds is 5. The molecule has 8 heteroatoms. The van der Waals surface area contributed by atoms with Crippen molar-refractivity contribution >= 4 is 34.6 Å².